The molecule has 0 spiro atoms. The van der Waals surface area contributed by atoms with Gasteiger partial charge >= 0.3 is 5.97 Å². The molecule has 0 atom stereocenters. The fourth-order valence-electron chi connectivity index (χ4n) is 2.89. The SMILES string of the molecule is O=C(NC1CCC(C(=O)O)CC1)c1cccc(-n2ccnn2)c1. The van der Waals surface area contributed by atoms with Crippen LogP contribution in [0.4, 0.5) is 0 Å². The highest BCUT2D eigenvalue weighted by Crippen LogP contribution is 2.24. The van der Waals surface area contributed by atoms with Gasteiger partial charge in [0.05, 0.1) is 24.0 Å². The summed E-state index contributed by atoms with van der Waals surface area (Å²) in [4.78, 5) is 23.3. The van der Waals surface area contributed by atoms with E-state index in [4.69, 9.17) is 5.11 Å². The number of hydrogen-bond acceptors (Lipinski definition) is 4. The smallest absolute Gasteiger partial charge is 0.306 e. The van der Waals surface area contributed by atoms with Crippen molar-refractivity contribution in [3.8, 4) is 5.69 Å². The average Bonchev–Trinajstić information content (AvgIpc) is 3.10. The maximum absolute atomic E-state index is 12.4. The Morgan fingerprint density at radius 2 is 2.00 bits per heavy atom. The minimum atomic E-state index is -0.740. The van der Waals surface area contributed by atoms with Gasteiger partial charge in [-0.15, -0.1) is 5.10 Å². The summed E-state index contributed by atoms with van der Waals surface area (Å²) in [5.74, 6) is -1.17. The van der Waals surface area contributed by atoms with E-state index in [0.29, 0.717) is 31.2 Å². The lowest BCUT2D eigenvalue weighted by atomic mass is 9.86. The summed E-state index contributed by atoms with van der Waals surface area (Å²) in [6.07, 6.45) is 5.91. The molecule has 7 nitrogen and oxygen atoms in total. The van der Waals surface area contributed by atoms with Crippen LogP contribution in [-0.2, 0) is 4.79 Å². The summed E-state index contributed by atoms with van der Waals surface area (Å²) < 4.78 is 1.59. The molecule has 1 aromatic heterocycles. The minimum Gasteiger partial charge on any atom is -0.481 e. The number of benzene rings is 1. The summed E-state index contributed by atoms with van der Waals surface area (Å²) in [6, 6.07) is 7.19. The van der Waals surface area contributed by atoms with Gasteiger partial charge in [0.1, 0.15) is 0 Å². The highest BCUT2D eigenvalue weighted by Gasteiger charge is 2.26. The number of nitrogens with one attached hydrogen (secondary N) is 1. The Labute approximate surface area is 133 Å². The van der Waals surface area contributed by atoms with E-state index >= 15 is 0 Å². The lowest BCUT2D eigenvalue weighted by Gasteiger charge is -2.26. The second-order valence-corrected chi connectivity index (χ2v) is 5.76. The third kappa shape index (κ3) is 3.56. The Balaban J connectivity index is 1.63. The van der Waals surface area contributed by atoms with Gasteiger partial charge in [0.2, 0.25) is 0 Å². The number of carboxylic acids is 1. The molecule has 23 heavy (non-hydrogen) atoms. The van der Waals surface area contributed by atoms with Crippen molar-refractivity contribution in [1.29, 1.82) is 0 Å². The average molecular weight is 314 g/mol. The van der Waals surface area contributed by atoms with Gasteiger partial charge in [0.25, 0.3) is 5.91 Å². The van der Waals surface area contributed by atoms with E-state index in [9.17, 15) is 9.59 Å². The van der Waals surface area contributed by atoms with Crippen LogP contribution in [0.5, 0.6) is 0 Å². The molecular weight excluding hydrogens is 296 g/mol. The summed E-state index contributed by atoms with van der Waals surface area (Å²) in [7, 11) is 0. The number of carbonyl (C=O) groups excluding carboxylic acids is 1. The van der Waals surface area contributed by atoms with Gasteiger partial charge in [-0.25, -0.2) is 4.68 Å². The van der Waals surface area contributed by atoms with E-state index in [1.165, 1.54) is 0 Å². The topological polar surface area (TPSA) is 97.1 Å². The third-order valence-electron chi connectivity index (χ3n) is 4.21. The van der Waals surface area contributed by atoms with E-state index in [-0.39, 0.29) is 17.9 Å². The van der Waals surface area contributed by atoms with E-state index in [1.54, 1.807) is 35.3 Å². The van der Waals surface area contributed by atoms with Crippen LogP contribution in [0.15, 0.2) is 36.7 Å². The van der Waals surface area contributed by atoms with Crippen LogP contribution in [0.3, 0.4) is 0 Å². The number of hydrogen-bond donors (Lipinski definition) is 2. The highest BCUT2D eigenvalue weighted by molar-refractivity contribution is 5.94. The number of rotatable bonds is 4. The predicted molar refractivity (Wildman–Crippen MR) is 82.2 cm³/mol. The van der Waals surface area contributed by atoms with Crippen molar-refractivity contribution in [2.45, 2.75) is 31.7 Å². The molecule has 1 aliphatic carbocycles. The van der Waals surface area contributed by atoms with Crippen molar-refractivity contribution < 1.29 is 14.7 Å². The van der Waals surface area contributed by atoms with E-state index < -0.39 is 5.97 Å². The van der Waals surface area contributed by atoms with Crippen molar-refractivity contribution in [3.05, 3.63) is 42.2 Å². The van der Waals surface area contributed by atoms with Crippen molar-refractivity contribution in [3.63, 3.8) is 0 Å². The number of aromatic nitrogens is 3. The van der Waals surface area contributed by atoms with Gasteiger partial charge in [-0.3, -0.25) is 9.59 Å². The summed E-state index contributed by atoms with van der Waals surface area (Å²) >= 11 is 0. The molecule has 1 heterocycles. The molecule has 120 valence electrons. The zero-order chi connectivity index (χ0) is 16.2. The van der Waals surface area contributed by atoms with Crippen LogP contribution in [0.25, 0.3) is 5.69 Å². The molecule has 0 saturated heterocycles. The normalized spacial score (nSPS) is 20.9. The zero-order valence-corrected chi connectivity index (χ0v) is 12.6. The van der Waals surface area contributed by atoms with E-state index in [2.05, 4.69) is 15.6 Å². The van der Waals surface area contributed by atoms with Crippen LogP contribution < -0.4 is 5.32 Å². The Bertz CT molecular complexity index is 691. The predicted octanol–water partition coefficient (Wildman–Crippen LogP) is 1.64. The fourth-order valence-corrected chi connectivity index (χ4v) is 2.89. The van der Waals surface area contributed by atoms with Gasteiger partial charge in [0, 0.05) is 11.6 Å². The minimum absolute atomic E-state index is 0.0353. The van der Waals surface area contributed by atoms with Crippen molar-refractivity contribution >= 4 is 11.9 Å². The largest absolute Gasteiger partial charge is 0.481 e. The first-order chi connectivity index (χ1) is 11.1. The van der Waals surface area contributed by atoms with Crippen LogP contribution in [-0.4, -0.2) is 38.0 Å². The Morgan fingerprint density at radius 3 is 2.65 bits per heavy atom. The Kier molecular flexibility index (Phi) is 4.36. The molecule has 0 bridgehead atoms. The van der Waals surface area contributed by atoms with Gasteiger partial charge in [-0.05, 0) is 43.9 Å². The van der Waals surface area contributed by atoms with Gasteiger partial charge in [-0.1, -0.05) is 11.3 Å². The number of aliphatic carboxylic acids is 1. The molecule has 1 saturated carbocycles. The van der Waals surface area contributed by atoms with Crippen molar-refractivity contribution in [2.75, 3.05) is 0 Å². The van der Waals surface area contributed by atoms with Crippen LogP contribution >= 0.6 is 0 Å². The molecule has 1 amide bonds. The number of amides is 1. The van der Waals surface area contributed by atoms with Crippen LogP contribution in [0.2, 0.25) is 0 Å². The quantitative estimate of drug-likeness (QED) is 0.894. The van der Waals surface area contributed by atoms with Gasteiger partial charge < -0.3 is 10.4 Å². The molecule has 0 aliphatic heterocycles. The Morgan fingerprint density at radius 1 is 1.22 bits per heavy atom. The van der Waals surface area contributed by atoms with Crippen LogP contribution in [0, 0.1) is 5.92 Å². The van der Waals surface area contributed by atoms with Gasteiger partial charge in [-0.2, -0.15) is 0 Å². The monoisotopic (exact) mass is 314 g/mol. The first kappa shape index (κ1) is 15.2. The number of carboxylic acid groups (broad SMARTS) is 1. The van der Waals surface area contributed by atoms with E-state index in [1.807, 2.05) is 6.07 Å². The molecule has 7 heteroatoms. The maximum Gasteiger partial charge on any atom is 0.306 e. The zero-order valence-electron chi connectivity index (χ0n) is 12.6. The Hall–Kier alpha value is -2.70. The van der Waals surface area contributed by atoms with Crippen molar-refractivity contribution in [1.82, 2.24) is 20.3 Å². The van der Waals surface area contributed by atoms with Crippen molar-refractivity contribution in [2.24, 2.45) is 5.92 Å². The summed E-state index contributed by atoms with van der Waals surface area (Å²) in [5.41, 5.74) is 1.32. The molecule has 3 rings (SSSR count). The van der Waals surface area contributed by atoms with E-state index in [0.717, 1.165) is 5.69 Å². The lowest BCUT2D eigenvalue weighted by Crippen LogP contribution is -2.38. The molecule has 1 aliphatic rings. The second-order valence-electron chi connectivity index (χ2n) is 5.76. The van der Waals surface area contributed by atoms with Crippen LogP contribution in [0.1, 0.15) is 36.0 Å². The maximum atomic E-state index is 12.4. The first-order valence-corrected chi connectivity index (χ1v) is 7.64. The first-order valence-electron chi connectivity index (χ1n) is 7.64. The summed E-state index contributed by atoms with van der Waals surface area (Å²) in [5, 5.41) is 19.7. The van der Waals surface area contributed by atoms with Gasteiger partial charge in [0.15, 0.2) is 0 Å². The molecule has 2 aromatic rings. The molecule has 2 N–H and O–H groups in total. The molecule has 1 aromatic carbocycles. The lowest BCUT2D eigenvalue weighted by molar-refractivity contribution is -0.142. The fraction of sp³-hybridized carbons (Fsp3) is 0.375. The molecular formula is C16H18N4O3. The molecule has 0 unspecified atom stereocenters. The number of nitrogens with zero attached hydrogens (tertiary/aromatic N) is 3. The standard InChI is InChI=1S/C16H18N4O3/c21-15(18-13-6-4-11(5-7-13)16(22)23)12-2-1-3-14(10-12)20-9-8-17-19-20/h1-3,8-11,13H,4-7H2,(H,18,21)(H,22,23). The molecule has 0 radical (unpaired) electrons. The number of carbonyl (C=O) groups is 2. The highest BCUT2D eigenvalue weighted by atomic mass is 16.4. The molecule has 1 fully saturated rings. The second kappa shape index (κ2) is 6.60. The summed E-state index contributed by atoms with van der Waals surface area (Å²) in [6.45, 7) is 0. The third-order valence-corrected chi connectivity index (χ3v) is 4.21.